The van der Waals surface area contributed by atoms with Crippen LogP contribution in [-0.4, -0.2) is 61.3 Å². The highest BCUT2D eigenvalue weighted by molar-refractivity contribution is 6.13. The molecule has 1 fully saturated rings. The van der Waals surface area contributed by atoms with E-state index < -0.39 is 0 Å². The van der Waals surface area contributed by atoms with E-state index in [9.17, 15) is 0 Å². The molecular weight excluding hydrogens is 370 g/mol. The minimum absolute atomic E-state index is 0.208. The Hall–Kier alpha value is -2.97. The van der Waals surface area contributed by atoms with Crippen molar-refractivity contribution in [1.29, 1.82) is 5.41 Å². The standard InChI is InChI=1S/C21H27N5O3/c1-4-15(12-27-3)29-16-5-6-18(22)17(9-16)21(23)19-10-20(25-13-24-19)26-7-8-28-11-14(26)2/h4-6,9-10,13-15,23H,1,7-8,11-12,22H2,2-3H3/t14-,15+/m1/s1. The van der Waals surface area contributed by atoms with Crippen molar-refractivity contribution < 1.29 is 14.2 Å². The fraction of sp³-hybridized carbons (Fsp3) is 0.381. The third-order valence-electron chi connectivity index (χ3n) is 4.75. The third kappa shape index (κ3) is 4.90. The smallest absolute Gasteiger partial charge is 0.140 e. The van der Waals surface area contributed by atoms with Crippen molar-refractivity contribution in [2.75, 3.05) is 44.1 Å². The highest BCUT2D eigenvalue weighted by Gasteiger charge is 2.21. The first-order valence-electron chi connectivity index (χ1n) is 9.47. The third-order valence-corrected chi connectivity index (χ3v) is 4.75. The van der Waals surface area contributed by atoms with Gasteiger partial charge in [0.2, 0.25) is 0 Å². The Bertz CT molecular complexity index is 873. The van der Waals surface area contributed by atoms with E-state index >= 15 is 0 Å². The molecule has 2 atom stereocenters. The summed E-state index contributed by atoms with van der Waals surface area (Å²) >= 11 is 0. The van der Waals surface area contributed by atoms with E-state index in [4.69, 9.17) is 25.4 Å². The van der Waals surface area contributed by atoms with Crippen LogP contribution in [0.25, 0.3) is 0 Å². The van der Waals surface area contributed by atoms with Crippen LogP contribution in [0.2, 0.25) is 0 Å². The predicted octanol–water partition coefficient (Wildman–Crippen LogP) is 2.28. The second-order valence-electron chi connectivity index (χ2n) is 6.85. The van der Waals surface area contributed by atoms with Crippen LogP contribution in [-0.2, 0) is 9.47 Å². The van der Waals surface area contributed by atoms with Gasteiger partial charge in [-0.15, -0.1) is 0 Å². The Morgan fingerprint density at radius 3 is 3.00 bits per heavy atom. The first kappa shape index (κ1) is 20.8. The van der Waals surface area contributed by atoms with Crippen LogP contribution in [0.4, 0.5) is 11.5 Å². The Kier molecular flexibility index (Phi) is 6.79. The number of methoxy groups -OCH3 is 1. The van der Waals surface area contributed by atoms with Gasteiger partial charge in [-0.25, -0.2) is 9.97 Å². The largest absolute Gasteiger partial charge is 0.484 e. The van der Waals surface area contributed by atoms with Crippen molar-refractivity contribution in [3.05, 3.63) is 54.5 Å². The van der Waals surface area contributed by atoms with Gasteiger partial charge in [0.05, 0.1) is 37.3 Å². The summed E-state index contributed by atoms with van der Waals surface area (Å²) in [5.41, 5.74) is 7.86. The molecule has 0 spiro atoms. The molecule has 2 heterocycles. The summed E-state index contributed by atoms with van der Waals surface area (Å²) in [4.78, 5) is 10.8. The molecule has 2 aromatic rings. The molecule has 29 heavy (non-hydrogen) atoms. The highest BCUT2D eigenvalue weighted by atomic mass is 16.5. The van der Waals surface area contributed by atoms with Crippen LogP contribution in [0.5, 0.6) is 5.75 Å². The van der Waals surface area contributed by atoms with Crippen molar-refractivity contribution in [1.82, 2.24) is 9.97 Å². The number of morpholine rings is 1. The quantitative estimate of drug-likeness (QED) is 0.400. The maximum atomic E-state index is 8.66. The second kappa shape index (κ2) is 9.49. The lowest BCUT2D eigenvalue weighted by Crippen LogP contribution is -2.44. The maximum absolute atomic E-state index is 8.66. The summed E-state index contributed by atoms with van der Waals surface area (Å²) in [5.74, 6) is 1.35. The number of hydrogen-bond donors (Lipinski definition) is 2. The van der Waals surface area contributed by atoms with Gasteiger partial charge in [-0.1, -0.05) is 6.58 Å². The molecule has 3 rings (SSSR count). The zero-order chi connectivity index (χ0) is 20.8. The minimum Gasteiger partial charge on any atom is -0.484 e. The molecular formula is C21H27N5O3. The Labute approximate surface area is 170 Å². The normalized spacial score (nSPS) is 17.6. The number of benzene rings is 1. The lowest BCUT2D eigenvalue weighted by atomic mass is 10.0. The van der Waals surface area contributed by atoms with Crippen molar-refractivity contribution in [3.8, 4) is 5.75 Å². The molecule has 0 unspecified atom stereocenters. The number of nitrogens with one attached hydrogen (secondary N) is 1. The number of aromatic nitrogens is 2. The van der Waals surface area contributed by atoms with Gasteiger partial charge in [0.25, 0.3) is 0 Å². The number of hydrogen-bond acceptors (Lipinski definition) is 8. The molecule has 1 aromatic heterocycles. The molecule has 3 N–H and O–H groups in total. The van der Waals surface area contributed by atoms with Crippen LogP contribution in [0.3, 0.4) is 0 Å². The second-order valence-corrected chi connectivity index (χ2v) is 6.85. The summed E-state index contributed by atoms with van der Waals surface area (Å²) in [6.07, 6.45) is 2.86. The predicted molar refractivity (Wildman–Crippen MR) is 113 cm³/mol. The molecule has 1 saturated heterocycles. The van der Waals surface area contributed by atoms with E-state index in [-0.39, 0.29) is 17.9 Å². The summed E-state index contributed by atoms with van der Waals surface area (Å²) in [6, 6.07) is 7.24. The van der Waals surface area contributed by atoms with Crippen molar-refractivity contribution in [3.63, 3.8) is 0 Å². The zero-order valence-electron chi connectivity index (χ0n) is 16.8. The van der Waals surface area contributed by atoms with Gasteiger partial charge >= 0.3 is 0 Å². The molecule has 8 nitrogen and oxygen atoms in total. The number of nitrogens with zero attached hydrogens (tertiary/aromatic N) is 3. The van der Waals surface area contributed by atoms with Gasteiger partial charge in [0, 0.05) is 31.0 Å². The molecule has 0 radical (unpaired) electrons. The maximum Gasteiger partial charge on any atom is 0.140 e. The lowest BCUT2D eigenvalue weighted by Gasteiger charge is -2.34. The van der Waals surface area contributed by atoms with Crippen LogP contribution in [0.1, 0.15) is 18.2 Å². The van der Waals surface area contributed by atoms with Crippen LogP contribution in [0.15, 0.2) is 43.2 Å². The first-order valence-corrected chi connectivity index (χ1v) is 9.47. The van der Waals surface area contributed by atoms with E-state index in [1.54, 1.807) is 31.4 Å². The Balaban J connectivity index is 1.85. The number of nitrogens with two attached hydrogens (primary N) is 1. The van der Waals surface area contributed by atoms with Gasteiger partial charge in [-0.05, 0) is 31.2 Å². The summed E-state index contributed by atoms with van der Waals surface area (Å²) in [5, 5.41) is 8.66. The first-order chi connectivity index (χ1) is 14.0. The molecule has 154 valence electrons. The minimum atomic E-state index is -0.292. The van der Waals surface area contributed by atoms with E-state index in [1.807, 2.05) is 6.07 Å². The van der Waals surface area contributed by atoms with E-state index in [2.05, 4.69) is 28.4 Å². The molecule has 0 saturated carbocycles. The molecule has 1 aliphatic rings. The summed E-state index contributed by atoms with van der Waals surface area (Å²) in [7, 11) is 1.60. The molecule has 1 aromatic carbocycles. The summed E-state index contributed by atoms with van der Waals surface area (Å²) in [6.45, 7) is 8.27. The van der Waals surface area contributed by atoms with E-state index in [0.717, 1.165) is 12.4 Å². The molecule has 8 heteroatoms. The number of nitrogen functional groups attached to an aromatic ring is 1. The van der Waals surface area contributed by atoms with Gasteiger partial charge in [0.1, 0.15) is 24.0 Å². The van der Waals surface area contributed by atoms with Crippen molar-refractivity contribution >= 4 is 17.2 Å². The molecule has 1 aliphatic heterocycles. The summed E-state index contributed by atoms with van der Waals surface area (Å²) < 4.78 is 16.5. The molecule has 0 aliphatic carbocycles. The van der Waals surface area contributed by atoms with Gasteiger partial charge in [0.15, 0.2) is 0 Å². The topological polar surface area (TPSA) is 107 Å². The monoisotopic (exact) mass is 397 g/mol. The zero-order valence-corrected chi connectivity index (χ0v) is 16.8. The fourth-order valence-electron chi connectivity index (χ4n) is 3.16. The Morgan fingerprint density at radius 2 is 2.28 bits per heavy atom. The average Bonchev–Trinajstić information content (AvgIpc) is 2.74. The van der Waals surface area contributed by atoms with Crippen LogP contribution < -0.4 is 15.4 Å². The number of anilines is 2. The van der Waals surface area contributed by atoms with E-state index in [0.29, 0.717) is 42.5 Å². The lowest BCUT2D eigenvalue weighted by molar-refractivity contribution is 0.0985. The van der Waals surface area contributed by atoms with Gasteiger partial charge in [-0.2, -0.15) is 0 Å². The van der Waals surface area contributed by atoms with Gasteiger partial charge in [-0.3, -0.25) is 5.41 Å². The van der Waals surface area contributed by atoms with E-state index in [1.165, 1.54) is 6.33 Å². The van der Waals surface area contributed by atoms with Crippen molar-refractivity contribution in [2.45, 2.75) is 19.1 Å². The molecule has 0 bridgehead atoms. The van der Waals surface area contributed by atoms with Crippen LogP contribution in [0, 0.1) is 5.41 Å². The van der Waals surface area contributed by atoms with Crippen molar-refractivity contribution in [2.24, 2.45) is 0 Å². The SMILES string of the molecule is C=C[C@@H](COC)Oc1ccc(N)c(C(=N)c2cc(N3CCOC[C@H]3C)ncn2)c1. The fourth-order valence-corrected chi connectivity index (χ4v) is 3.16. The highest BCUT2D eigenvalue weighted by Crippen LogP contribution is 2.25. The average molecular weight is 397 g/mol. The molecule has 0 amide bonds. The number of rotatable bonds is 8. The number of ether oxygens (including phenoxy) is 3. The van der Waals surface area contributed by atoms with Crippen LogP contribution >= 0.6 is 0 Å². The van der Waals surface area contributed by atoms with Gasteiger partial charge < -0.3 is 24.8 Å². The Morgan fingerprint density at radius 1 is 1.45 bits per heavy atom.